The zero-order valence-electron chi connectivity index (χ0n) is 16.5. The van der Waals surface area contributed by atoms with Crippen molar-refractivity contribution >= 4 is 17.2 Å². The molecule has 0 radical (unpaired) electrons. The van der Waals surface area contributed by atoms with Gasteiger partial charge >= 0.3 is 0 Å². The third kappa shape index (κ3) is 3.85. The lowest BCUT2D eigenvalue weighted by molar-refractivity contribution is 0.0768. The fourth-order valence-corrected chi connectivity index (χ4v) is 5.30. The molecule has 1 spiro atoms. The minimum atomic E-state index is 0.0954. The van der Waals surface area contributed by atoms with Gasteiger partial charge in [-0.3, -0.25) is 9.69 Å². The molecule has 4 nitrogen and oxygen atoms in total. The molecule has 0 N–H and O–H groups in total. The summed E-state index contributed by atoms with van der Waals surface area (Å²) >= 11 is 1.48. The van der Waals surface area contributed by atoms with Gasteiger partial charge in [-0.2, -0.15) is 0 Å². The Bertz CT molecular complexity index is 971. The van der Waals surface area contributed by atoms with Crippen molar-refractivity contribution in [3.8, 4) is 11.1 Å². The van der Waals surface area contributed by atoms with Gasteiger partial charge in [0.2, 0.25) is 0 Å². The summed E-state index contributed by atoms with van der Waals surface area (Å²) in [6.07, 6.45) is 2.28. The molecule has 1 atom stereocenters. The molecule has 3 aromatic rings. The van der Waals surface area contributed by atoms with E-state index >= 15 is 0 Å². The number of benzene rings is 2. The molecule has 1 unspecified atom stereocenters. The number of likely N-dealkylation sites (tertiary alicyclic amines) is 2. The third-order valence-electron chi connectivity index (χ3n) is 6.36. The molecule has 2 aliphatic rings. The van der Waals surface area contributed by atoms with Crippen molar-refractivity contribution < 1.29 is 4.79 Å². The molecule has 0 aliphatic carbocycles. The molecule has 1 aromatic heterocycles. The van der Waals surface area contributed by atoms with Crippen LogP contribution in [0.2, 0.25) is 0 Å². The normalized spacial score (nSPS) is 21.9. The summed E-state index contributed by atoms with van der Waals surface area (Å²) in [5, 5.41) is 1.85. The summed E-state index contributed by atoms with van der Waals surface area (Å²) in [5.41, 5.74) is 6.47. The van der Waals surface area contributed by atoms with E-state index < -0.39 is 0 Å². The number of amides is 1. The van der Waals surface area contributed by atoms with Crippen LogP contribution in [0.4, 0.5) is 0 Å². The van der Waals surface area contributed by atoms with Crippen molar-refractivity contribution in [1.82, 2.24) is 14.8 Å². The largest absolute Gasteiger partial charge is 0.337 e. The zero-order valence-corrected chi connectivity index (χ0v) is 17.3. The molecule has 2 fully saturated rings. The lowest BCUT2D eigenvalue weighted by Gasteiger charge is -2.24. The fourth-order valence-electron chi connectivity index (χ4n) is 4.78. The number of rotatable bonds is 4. The Morgan fingerprint density at radius 1 is 0.966 bits per heavy atom. The van der Waals surface area contributed by atoms with Crippen LogP contribution >= 0.6 is 11.3 Å². The minimum absolute atomic E-state index is 0.0954. The summed E-state index contributed by atoms with van der Waals surface area (Å²) in [5.74, 6) is 0.0954. The zero-order chi connectivity index (χ0) is 19.7. The van der Waals surface area contributed by atoms with Crippen LogP contribution in [0.3, 0.4) is 0 Å². The highest BCUT2D eigenvalue weighted by atomic mass is 32.1. The number of carbonyl (C=O) groups is 1. The van der Waals surface area contributed by atoms with Crippen molar-refractivity contribution in [3.05, 3.63) is 76.7 Å². The van der Waals surface area contributed by atoms with Gasteiger partial charge in [0.1, 0.15) is 5.69 Å². The standard InChI is InChI=1S/C24H25N3OS/c28-23(22-15-29-18-25-22)27-13-11-24(17-27)10-12-26(16-24)14-19-6-8-21(9-7-19)20-4-2-1-3-5-20/h1-9,15,18H,10-14,16-17H2. The third-order valence-corrected chi connectivity index (χ3v) is 6.95. The van der Waals surface area contributed by atoms with Gasteiger partial charge in [-0.15, -0.1) is 11.3 Å². The van der Waals surface area contributed by atoms with Gasteiger partial charge in [0.15, 0.2) is 0 Å². The van der Waals surface area contributed by atoms with Gasteiger partial charge in [-0.1, -0.05) is 54.6 Å². The molecule has 0 saturated carbocycles. The van der Waals surface area contributed by atoms with Crippen LogP contribution < -0.4 is 0 Å². The SMILES string of the molecule is O=C(c1cscn1)N1CCC2(CCN(Cc3ccc(-c4ccccc4)cc3)C2)C1. The molecule has 0 bridgehead atoms. The number of carbonyl (C=O) groups excluding carboxylic acids is 1. The topological polar surface area (TPSA) is 36.4 Å². The van der Waals surface area contributed by atoms with Crippen molar-refractivity contribution in [1.29, 1.82) is 0 Å². The van der Waals surface area contributed by atoms with Crippen LogP contribution in [0.25, 0.3) is 11.1 Å². The maximum Gasteiger partial charge on any atom is 0.273 e. The monoisotopic (exact) mass is 403 g/mol. The van der Waals surface area contributed by atoms with Gasteiger partial charge in [0.25, 0.3) is 5.91 Å². The number of hydrogen-bond donors (Lipinski definition) is 0. The molecule has 148 valence electrons. The highest BCUT2D eigenvalue weighted by molar-refractivity contribution is 7.07. The molecule has 29 heavy (non-hydrogen) atoms. The van der Waals surface area contributed by atoms with Crippen LogP contribution in [0.1, 0.15) is 28.9 Å². The van der Waals surface area contributed by atoms with E-state index in [0.29, 0.717) is 5.69 Å². The van der Waals surface area contributed by atoms with Gasteiger partial charge < -0.3 is 4.90 Å². The van der Waals surface area contributed by atoms with Gasteiger partial charge in [-0.05, 0) is 36.1 Å². The van der Waals surface area contributed by atoms with E-state index in [4.69, 9.17) is 0 Å². The van der Waals surface area contributed by atoms with Crippen LogP contribution in [0, 0.1) is 5.41 Å². The van der Waals surface area contributed by atoms with Crippen molar-refractivity contribution in [2.24, 2.45) is 5.41 Å². The van der Waals surface area contributed by atoms with Crippen molar-refractivity contribution in [2.75, 3.05) is 26.2 Å². The molecule has 2 aliphatic heterocycles. The van der Waals surface area contributed by atoms with Gasteiger partial charge in [0.05, 0.1) is 5.51 Å². The van der Waals surface area contributed by atoms with E-state index in [1.54, 1.807) is 5.51 Å². The Hall–Kier alpha value is -2.50. The quantitative estimate of drug-likeness (QED) is 0.641. The first-order valence-electron chi connectivity index (χ1n) is 10.3. The second kappa shape index (κ2) is 7.73. The summed E-state index contributed by atoms with van der Waals surface area (Å²) < 4.78 is 0. The predicted molar refractivity (Wildman–Crippen MR) is 117 cm³/mol. The Morgan fingerprint density at radius 3 is 2.48 bits per heavy atom. The van der Waals surface area contributed by atoms with Crippen LogP contribution in [0.5, 0.6) is 0 Å². The Morgan fingerprint density at radius 2 is 1.72 bits per heavy atom. The van der Waals surface area contributed by atoms with E-state index in [2.05, 4.69) is 64.5 Å². The second-order valence-corrected chi connectivity index (χ2v) is 9.09. The first-order chi connectivity index (χ1) is 14.2. The van der Waals surface area contributed by atoms with Crippen molar-refractivity contribution in [2.45, 2.75) is 19.4 Å². The first-order valence-corrected chi connectivity index (χ1v) is 11.2. The Kier molecular flexibility index (Phi) is 4.94. The smallest absolute Gasteiger partial charge is 0.273 e. The molecule has 1 amide bonds. The molecule has 2 aromatic carbocycles. The maximum absolute atomic E-state index is 12.6. The van der Waals surface area contributed by atoms with E-state index in [9.17, 15) is 4.79 Å². The number of thiazole rings is 1. The van der Waals surface area contributed by atoms with Gasteiger partial charge in [-0.25, -0.2) is 4.98 Å². The molecule has 2 saturated heterocycles. The highest BCUT2D eigenvalue weighted by Crippen LogP contribution is 2.40. The van der Waals surface area contributed by atoms with E-state index in [0.717, 1.165) is 39.1 Å². The molecule has 3 heterocycles. The van der Waals surface area contributed by atoms with Crippen LogP contribution in [-0.4, -0.2) is 46.9 Å². The number of aromatic nitrogens is 1. The maximum atomic E-state index is 12.6. The molecule has 5 heteroatoms. The van der Waals surface area contributed by atoms with Crippen LogP contribution in [0.15, 0.2) is 65.5 Å². The average molecular weight is 404 g/mol. The second-order valence-electron chi connectivity index (χ2n) is 8.37. The molecule has 5 rings (SSSR count). The van der Waals surface area contributed by atoms with Crippen molar-refractivity contribution in [3.63, 3.8) is 0 Å². The lowest BCUT2D eigenvalue weighted by atomic mass is 9.86. The van der Waals surface area contributed by atoms with Crippen LogP contribution in [-0.2, 0) is 6.54 Å². The summed E-state index contributed by atoms with van der Waals surface area (Å²) in [6, 6.07) is 19.5. The van der Waals surface area contributed by atoms with E-state index in [1.807, 2.05) is 10.3 Å². The number of hydrogen-bond acceptors (Lipinski definition) is 4. The average Bonchev–Trinajstić information content (AvgIpc) is 3.51. The highest BCUT2D eigenvalue weighted by Gasteiger charge is 2.44. The fraction of sp³-hybridized carbons (Fsp3) is 0.333. The Labute approximate surface area is 175 Å². The summed E-state index contributed by atoms with van der Waals surface area (Å²) in [7, 11) is 0. The molecular weight excluding hydrogens is 378 g/mol. The van der Waals surface area contributed by atoms with E-state index in [-0.39, 0.29) is 11.3 Å². The molecular formula is C24H25N3OS. The van der Waals surface area contributed by atoms with Gasteiger partial charge in [0, 0.05) is 37.0 Å². The summed E-state index contributed by atoms with van der Waals surface area (Å²) in [6.45, 7) is 4.90. The predicted octanol–water partition coefficient (Wildman–Crippen LogP) is 4.55. The lowest BCUT2D eigenvalue weighted by Crippen LogP contribution is -2.34. The first kappa shape index (κ1) is 18.5. The minimum Gasteiger partial charge on any atom is -0.337 e. The Balaban J connectivity index is 1.20. The number of nitrogens with zero attached hydrogens (tertiary/aromatic N) is 3. The summed E-state index contributed by atoms with van der Waals surface area (Å²) in [4.78, 5) is 21.4. The van der Waals surface area contributed by atoms with E-state index in [1.165, 1.54) is 34.4 Å².